The van der Waals surface area contributed by atoms with E-state index in [4.69, 9.17) is 0 Å². The lowest BCUT2D eigenvalue weighted by Crippen LogP contribution is -2.45. The second-order valence-corrected chi connectivity index (χ2v) is 9.93. The minimum absolute atomic E-state index is 0.0615. The molecule has 2 aromatic carbocycles. The van der Waals surface area contributed by atoms with Crippen molar-refractivity contribution in [2.45, 2.75) is 25.9 Å². The first-order valence-electron chi connectivity index (χ1n) is 12.9. The van der Waals surface area contributed by atoms with Crippen LogP contribution in [0.1, 0.15) is 49.7 Å². The van der Waals surface area contributed by atoms with Gasteiger partial charge in [-0.05, 0) is 30.5 Å². The van der Waals surface area contributed by atoms with Crippen molar-refractivity contribution in [3.63, 3.8) is 0 Å². The molecule has 10 heteroatoms. The zero-order valence-electron chi connectivity index (χ0n) is 21.3. The molecule has 1 saturated heterocycles. The fraction of sp³-hybridized carbons (Fsp3) is 0.321. The fourth-order valence-corrected chi connectivity index (χ4v) is 5.39. The molecule has 0 saturated carbocycles. The summed E-state index contributed by atoms with van der Waals surface area (Å²) < 4.78 is 3.12. The summed E-state index contributed by atoms with van der Waals surface area (Å²) >= 11 is 0. The molecule has 0 bridgehead atoms. The second-order valence-electron chi connectivity index (χ2n) is 9.93. The first kappa shape index (κ1) is 24.1. The van der Waals surface area contributed by atoms with Gasteiger partial charge in [-0.2, -0.15) is 5.10 Å². The van der Waals surface area contributed by atoms with Crippen molar-refractivity contribution in [1.82, 2.24) is 24.5 Å². The molecule has 1 aliphatic heterocycles. The third-order valence-corrected chi connectivity index (χ3v) is 7.39. The van der Waals surface area contributed by atoms with Gasteiger partial charge in [0.25, 0.3) is 0 Å². The Morgan fingerprint density at radius 3 is 2.32 bits per heavy atom. The third-order valence-electron chi connectivity index (χ3n) is 7.39. The number of nitrogens with zero attached hydrogens (tertiary/aromatic N) is 7. The summed E-state index contributed by atoms with van der Waals surface area (Å²) in [5.41, 5.74) is 4.24. The van der Waals surface area contributed by atoms with Crippen LogP contribution in [0.4, 0.5) is 5.69 Å². The van der Waals surface area contributed by atoms with Crippen LogP contribution in [0.25, 0.3) is 0 Å². The van der Waals surface area contributed by atoms with E-state index >= 15 is 0 Å². The maximum atomic E-state index is 13.0. The molecule has 0 atom stereocenters. The Morgan fingerprint density at radius 2 is 1.63 bits per heavy atom. The summed E-state index contributed by atoms with van der Waals surface area (Å²) in [5.74, 6) is -0.714. The summed E-state index contributed by atoms with van der Waals surface area (Å²) in [6, 6.07) is 15.2. The Morgan fingerprint density at radius 1 is 0.921 bits per heavy atom. The van der Waals surface area contributed by atoms with Gasteiger partial charge in [-0.25, -0.2) is 0 Å². The highest BCUT2D eigenvalue weighted by molar-refractivity contribution is 6.26. The van der Waals surface area contributed by atoms with Crippen LogP contribution >= 0.6 is 0 Å². The minimum atomic E-state index is -0.382. The predicted octanol–water partition coefficient (Wildman–Crippen LogP) is 1.98. The number of ketones is 2. The van der Waals surface area contributed by atoms with E-state index in [0.29, 0.717) is 29.1 Å². The molecule has 0 amide bonds. The highest BCUT2D eigenvalue weighted by Gasteiger charge is 2.38. The molecule has 2 aromatic heterocycles. The van der Waals surface area contributed by atoms with Crippen LogP contribution in [-0.4, -0.2) is 62.2 Å². The first-order chi connectivity index (χ1) is 18.5. The van der Waals surface area contributed by atoms with Gasteiger partial charge in [-0.3, -0.25) is 19.2 Å². The summed E-state index contributed by atoms with van der Waals surface area (Å²) in [4.78, 5) is 31.1. The molecule has 3 heterocycles. The largest absolute Gasteiger partial charge is 0.571 e. The quantitative estimate of drug-likeness (QED) is 0.243. The van der Waals surface area contributed by atoms with Gasteiger partial charge in [0, 0.05) is 78.4 Å². The van der Waals surface area contributed by atoms with Gasteiger partial charge in [0.15, 0.2) is 5.69 Å². The molecule has 1 aliphatic carbocycles. The standard InChI is InChI=1S/C28H29N7O3/c1-31-18-21(17-29-31)19-32-13-15-33(16-14-32)22-10-8-20(9-11-22)5-4-12-34-26-25(30-35(34)38)27(36)23-6-2-3-7-24(23)28(26)37/h2-3,6-11,17-18H,4-5,12-16,19H2,1H3. The normalized spacial score (nSPS) is 15.6. The molecule has 6 rings (SSSR count). The third kappa shape index (κ3) is 4.47. The number of aryl methyl sites for hydroxylation is 2. The molecule has 10 nitrogen and oxygen atoms in total. The van der Waals surface area contributed by atoms with Crippen LogP contribution in [0.5, 0.6) is 0 Å². The van der Waals surface area contributed by atoms with E-state index in [1.165, 1.54) is 15.9 Å². The molecule has 194 valence electrons. The van der Waals surface area contributed by atoms with E-state index in [2.05, 4.69) is 50.5 Å². The molecule has 1 fully saturated rings. The van der Waals surface area contributed by atoms with Gasteiger partial charge < -0.3 is 10.1 Å². The second kappa shape index (κ2) is 9.86. The molecule has 4 aromatic rings. The number of benzene rings is 2. The summed E-state index contributed by atoms with van der Waals surface area (Å²) in [6.45, 7) is 5.19. The number of rotatable bonds is 7. The summed E-state index contributed by atoms with van der Waals surface area (Å²) in [7, 11) is 1.94. The zero-order chi connectivity index (χ0) is 26.2. The molecule has 0 N–H and O–H groups in total. The van der Waals surface area contributed by atoms with E-state index in [0.717, 1.165) is 44.7 Å². The van der Waals surface area contributed by atoms with Crippen molar-refractivity contribution in [3.8, 4) is 0 Å². The maximum Gasteiger partial charge on any atom is 0.220 e. The molecular weight excluding hydrogens is 482 g/mol. The zero-order valence-corrected chi connectivity index (χ0v) is 21.3. The number of hydrogen-bond acceptors (Lipinski definition) is 7. The molecular formula is C28H29N7O3. The number of carbonyl (C=O) groups excluding carboxylic acids is 2. The van der Waals surface area contributed by atoms with Gasteiger partial charge in [0.1, 0.15) is 0 Å². The first-order valence-corrected chi connectivity index (χ1v) is 12.9. The average molecular weight is 512 g/mol. The Balaban J connectivity index is 1.05. The number of anilines is 1. The van der Waals surface area contributed by atoms with E-state index in [1.807, 2.05) is 17.9 Å². The van der Waals surface area contributed by atoms with Crippen LogP contribution in [-0.2, 0) is 26.6 Å². The minimum Gasteiger partial charge on any atom is -0.571 e. The Hall–Kier alpha value is -4.31. The topological polar surface area (TPSA) is 103 Å². The molecule has 0 spiro atoms. The van der Waals surface area contributed by atoms with Crippen molar-refractivity contribution in [3.05, 3.63) is 99.8 Å². The van der Waals surface area contributed by atoms with E-state index < -0.39 is 0 Å². The highest BCUT2D eigenvalue weighted by Crippen LogP contribution is 2.25. The molecule has 0 radical (unpaired) electrons. The van der Waals surface area contributed by atoms with Crippen molar-refractivity contribution in [2.75, 3.05) is 31.1 Å². The van der Waals surface area contributed by atoms with Crippen molar-refractivity contribution >= 4 is 17.3 Å². The van der Waals surface area contributed by atoms with E-state index in [9.17, 15) is 14.8 Å². The number of fused-ring (bicyclic) bond motifs is 2. The van der Waals surface area contributed by atoms with Crippen LogP contribution in [0.2, 0.25) is 0 Å². The Kier molecular flexibility index (Phi) is 6.24. The van der Waals surface area contributed by atoms with Gasteiger partial charge in [0.05, 0.1) is 12.7 Å². The maximum absolute atomic E-state index is 13.0. The van der Waals surface area contributed by atoms with Crippen LogP contribution in [0.3, 0.4) is 0 Å². The van der Waals surface area contributed by atoms with Gasteiger partial charge in [-0.1, -0.05) is 36.4 Å². The molecule has 2 aliphatic rings. The lowest BCUT2D eigenvalue weighted by molar-refractivity contribution is -0.749. The van der Waals surface area contributed by atoms with Crippen LogP contribution < -0.4 is 9.86 Å². The van der Waals surface area contributed by atoms with E-state index in [1.54, 1.807) is 24.3 Å². The van der Waals surface area contributed by atoms with Crippen LogP contribution in [0, 0.1) is 5.21 Å². The predicted molar refractivity (Wildman–Crippen MR) is 140 cm³/mol. The lowest BCUT2D eigenvalue weighted by Gasteiger charge is -2.36. The Labute approximate surface area is 220 Å². The molecule has 38 heavy (non-hydrogen) atoms. The van der Waals surface area contributed by atoms with Gasteiger partial charge in [0.2, 0.25) is 17.3 Å². The monoisotopic (exact) mass is 511 g/mol. The van der Waals surface area contributed by atoms with Crippen molar-refractivity contribution in [2.24, 2.45) is 7.05 Å². The van der Waals surface area contributed by atoms with Crippen LogP contribution in [0.15, 0.2) is 60.9 Å². The van der Waals surface area contributed by atoms with E-state index in [-0.39, 0.29) is 23.0 Å². The lowest BCUT2D eigenvalue weighted by atomic mass is 9.90. The van der Waals surface area contributed by atoms with Gasteiger partial charge in [-0.15, -0.1) is 4.68 Å². The fourth-order valence-electron chi connectivity index (χ4n) is 5.39. The summed E-state index contributed by atoms with van der Waals surface area (Å²) in [5, 5.41) is 20.6. The highest BCUT2D eigenvalue weighted by atomic mass is 16.5. The smallest absolute Gasteiger partial charge is 0.220 e. The van der Waals surface area contributed by atoms with Crippen molar-refractivity contribution in [1.29, 1.82) is 0 Å². The molecule has 0 unspecified atom stereocenters. The number of aromatic nitrogens is 5. The number of carbonyl (C=O) groups is 2. The number of hydrogen-bond donors (Lipinski definition) is 0. The average Bonchev–Trinajstić information content (AvgIpc) is 3.50. The van der Waals surface area contributed by atoms with Gasteiger partial charge >= 0.3 is 0 Å². The SMILES string of the molecule is Cn1cc(CN2CCN(c3ccc(CCCn4c5c(n[n+]4[O-])C(=O)c4ccccc4C5=O)cc3)CC2)cn1. The summed E-state index contributed by atoms with van der Waals surface area (Å²) in [6.07, 6.45) is 5.38. The number of piperazine rings is 1. The Bertz CT molecular complexity index is 1500. The van der Waals surface area contributed by atoms with Crippen molar-refractivity contribution < 1.29 is 14.5 Å².